The Morgan fingerprint density at radius 3 is 2.21 bits per heavy atom. The Morgan fingerprint density at radius 1 is 1.11 bits per heavy atom. The minimum absolute atomic E-state index is 0.0212. The van der Waals surface area contributed by atoms with Gasteiger partial charge in [-0.2, -0.15) is 0 Å². The minimum Gasteiger partial charge on any atom is -0.493 e. The van der Waals surface area contributed by atoms with Crippen LogP contribution in [-0.4, -0.2) is 26.2 Å². The number of rotatable bonds is 5. The molecule has 0 aliphatic heterocycles. The fourth-order valence-electron chi connectivity index (χ4n) is 1.42. The molecule has 5 nitrogen and oxygen atoms in total. The van der Waals surface area contributed by atoms with Gasteiger partial charge in [-0.3, -0.25) is 9.59 Å². The fourth-order valence-corrected chi connectivity index (χ4v) is 1.89. The third-order valence-corrected chi connectivity index (χ3v) is 3.14. The first kappa shape index (κ1) is 15.5. The van der Waals surface area contributed by atoms with E-state index in [0.717, 1.165) is 0 Å². The number of carbonyl (C=O) groups excluding carboxylic acids is 2. The molecule has 0 aliphatic carbocycles. The first-order valence-electron chi connectivity index (χ1n) is 5.65. The molecule has 0 saturated heterocycles. The molecule has 6 heteroatoms. The summed E-state index contributed by atoms with van der Waals surface area (Å²) in [4.78, 5) is 22.6. The molecule has 1 aromatic carbocycles. The second-order valence-corrected chi connectivity index (χ2v) is 4.53. The van der Waals surface area contributed by atoms with Crippen LogP contribution in [0.2, 0.25) is 0 Å². The lowest BCUT2D eigenvalue weighted by Gasteiger charge is -2.11. The number of methoxy groups -OCH3 is 2. The molecule has 104 valence electrons. The van der Waals surface area contributed by atoms with Gasteiger partial charge in [0.1, 0.15) is 0 Å². The summed E-state index contributed by atoms with van der Waals surface area (Å²) >= 11 is 3.33. The van der Waals surface area contributed by atoms with Crippen LogP contribution in [0.25, 0.3) is 0 Å². The van der Waals surface area contributed by atoms with Crippen LogP contribution < -0.4 is 9.47 Å². The first-order chi connectivity index (χ1) is 9.01. The predicted molar refractivity (Wildman–Crippen MR) is 72.3 cm³/mol. The number of hydrogen-bond donors (Lipinski definition) is 0. The normalized spacial score (nSPS) is 9.89. The molecule has 0 atom stereocenters. The molecule has 0 heterocycles. The maximum atomic E-state index is 11.6. The van der Waals surface area contributed by atoms with Gasteiger partial charge in [0, 0.05) is 10.9 Å². The highest BCUT2D eigenvalue weighted by atomic mass is 79.9. The topological polar surface area (TPSA) is 61.8 Å². The number of ether oxygens (including phenoxy) is 3. The molecule has 0 bridgehead atoms. The largest absolute Gasteiger partial charge is 0.493 e. The van der Waals surface area contributed by atoms with Gasteiger partial charge < -0.3 is 14.2 Å². The molecule has 1 aromatic rings. The Labute approximate surface area is 120 Å². The molecule has 0 radical (unpaired) electrons. The SMILES string of the molecule is CCC(=O)OC(=O)Cc1cc(OC)c(OC)cc1Br. The van der Waals surface area contributed by atoms with E-state index in [0.29, 0.717) is 21.5 Å². The summed E-state index contributed by atoms with van der Waals surface area (Å²) in [6, 6.07) is 3.36. The number of hydrogen-bond acceptors (Lipinski definition) is 5. The van der Waals surface area contributed by atoms with Gasteiger partial charge in [-0.15, -0.1) is 0 Å². The lowest BCUT2D eigenvalue weighted by Crippen LogP contribution is -2.13. The van der Waals surface area contributed by atoms with Crippen molar-refractivity contribution in [2.45, 2.75) is 19.8 Å². The summed E-state index contributed by atoms with van der Waals surface area (Å²) in [5, 5.41) is 0. The van der Waals surface area contributed by atoms with Crippen molar-refractivity contribution in [2.24, 2.45) is 0 Å². The van der Waals surface area contributed by atoms with Crippen LogP contribution in [0.4, 0.5) is 0 Å². The van der Waals surface area contributed by atoms with Gasteiger partial charge in [-0.05, 0) is 17.7 Å². The molecule has 0 unspecified atom stereocenters. The van der Waals surface area contributed by atoms with Crippen LogP contribution >= 0.6 is 15.9 Å². The van der Waals surface area contributed by atoms with Gasteiger partial charge in [0.2, 0.25) is 0 Å². The van der Waals surface area contributed by atoms with Crippen LogP contribution in [-0.2, 0) is 20.7 Å². The number of benzene rings is 1. The molecular weight excluding hydrogens is 316 g/mol. The maximum Gasteiger partial charge on any atom is 0.317 e. The van der Waals surface area contributed by atoms with E-state index in [1.54, 1.807) is 19.1 Å². The van der Waals surface area contributed by atoms with E-state index < -0.39 is 11.9 Å². The van der Waals surface area contributed by atoms with Crippen molar-refractivity contribution in [3.63, 3.8) is 0 Å². The number of esters is 2. The number of halogens is 1. The minimum atomic E-state index is -0.597. The molecule has 1 rings (SSSR count). The summed E-state index contributed by atoms with van der Waals surface area (Å²) < 4.78 is 15.6. The Hall–Kier alpha value is -1.56. The van der Waals surface area contributed by atoms with Gasteiger partial charge in [0.05, 0.1) is 20.6 Å². The molecule has 0 fully saturated rings. The smallest absolute Gasteiger partial charge is 0.317 e. The van der Waals surface area contributed by atoms with E-state index in [4.69, 9.17) is 9.47 Å². The quantitative estimate of drug-likeness (QED) is 0.613. The molecule has 0 aromatic heterocycles. The zero-order valence-electron chi connectivity index (χ0n) is 11.0. The van der Waals surface area contributed by atoms with Crippen LogP contribution in [0.5, 0.6) is 11.5 Å². The van der Waals surface area contributed by atoms with Crippen molar-refractivity contribution in [3.05, 3.63) is 22.2 Å². The van der Waals surface area contributed by atoms with Gasteiger partial charge in [0.15, 0.2) is 11.5 Å². The average molecular weight is 331 g/mol. The van der Waals surface area contributed by atoms with Gasteiger partial charge in [-0.25, -0.2) is 0 Å². The van der Waals surface area contributed by atoms with Crippen molar-refractivity contribution in [2.75, 3.05) is 14.2 Å². The average Bonchev–Trinajstić information content (AvgIpc) is 2.40. The third-order valence-electron chi connectivity index (χ3n) is 2.40. The van der Waals surface area contributed by atoms with E-state index in [1.165, 1.54) is 14.2 Å². The van der Waals surface area contributed by atoms with E-state index in [-0.39, 0.29) is 12.8 Å². The molecule has 0 N–H and O–H groups in total. The summed E-state index contributed by atoms with van der Waals surface area (Å²) in [6.45, 7) is 1.63. The van der Waals surface area contributed by atoms with Gasteiger partial charge in [0.25, 0.3) is 0 Å². The van der Waals surface area contributed by atoms with E-state index in [1.807, 2.05) is 0 Å². The van der Waals surface area contributed by atoms with Gasteiger partial charge >= 0.3 is 11.9 Å². The van der Waals surface area contributed by atoms with Crippen LogP contribution in [0.1, 0.15) is 18.9 Å². The molecule has 0 spiro atoms. The summed E-state index contributed by atoms with van der Waals surface area (Å²) in [5.74, 6) is -0.0761. The summed E-state index contributed by atoms with van der Waals surface area (Å²) in [6.07, 6.45) is 0.144. The second-order valence-electron chi connectivity index (χ2n) is 3.68. The fraction of sp³-hybridized carbons (Fsp3) is 0.385. The van der Waals surface area contributed by atoms with Crippen LogP contribution in [0.15, 0.2) is 16.6 Å². The first-order valence-corrected chi connectivity index (χ1v) is 6.45. The van der Waals surface area contributed by atoms with Crippen LogP contribution in [0, 0.1) is 0 Å². The second kappa shape index (κ2) is 7.13. The van der Waals surface area contributed by atoms with E-state index in [2.05, 4.69) is 20.7 Å². The van der Waals surface area contributed by atoms with E-state index >= 15 is 0 Å². The Bertz CT molecular complexity index is 484. The predicted octanol–water partition coefficient (Wildman–Crippen LogP) is 2.49. The lowest BCUT2D eigenvalue weighted by molar-refractivity contribution is -0.158. The van der Waals surface area contributed by atoms with Gasteiger partial charge in [-0.1, -0.05) is 22.9 Å². The number of carbonyl (C=O) groups is 2. The molecule has 0 saturated carbocycles. The Morgan fingerprint density at radius 2 is 1.68 bits per heavy atom. The van der Waals surface area contributed by atoms with Crippen molar-refractivity contribution in [1.82, 2.24) is 0 Å². The lowest BCUT2D eigenvalue weighted by atomic mass is 10.1. The monoisotopic (exact) mass is 330 g/mol. The van der Waals surface area contributed by atoms with Crippen molar-refractivity contribution in [3.8, 4) is 11.5 Å². The zero-order chi connectivity index (χ0) is 14.4. The standard InChI is InChI=1S/C13H15BrO5/c1-4-12(15)19-13(16)6-8-5-10(17-2)11(18-3)7-9(8)14/h5,7H,4,6H2,1-3H3. The molecule has 19 heavy (non-hydrogen) atoms. The molecular formula is C13H15BrO5. The van der Waals surface area contributed by atoms with Crippen molar-refractivity contribution >= 4 is 27.9 Å². The van der Waals surface area contributed by atoms with Crippen molar-refractivity contribution < 1.29 is 23.8 Å². The highest BCUT2D eigenvalue weighted by Gasteiger charge is 2.15. The summed E-state index contributed by atoms with van der Waals surface area (Å²) in [7, 11) is 3.03. The Balaban J connectivity index is 2.89. The van der Waals surface area contributed by atoms with Crippen molar-refractivity contribution in [1.29, 1.82) is 0 Å². The molecule has 0 amide bonds. The summed E-state index contributed by atoms with van der Waals surface area (Å²) in [5.41, 5.74) is 0.659. The highest BCUT2D eigenvalue weighted by Crippen LogP contribution is 2.33. The van der Waals surface area contributed by atoms with Crippen LogP contribution in [0.3, 0.4) is 0 Å². The Kier molecular flexibility index (Phi) is 5.82. The maximum absolute atomic E-state index is 11.6. The molecule has 0 aliphatic rings. The zero-order valence-corrected chi connectivity index (χ0v) is 12.6. The van der Waals surface area contributed by atoms with E-state index in [9.17, 15) is 9.59 Å². The highest BCUT2D eigenvalue weighted by molar-refractivity contribution is 9.10. The third kappa shape index (κ3) is 4.24.